The van der Waals surface area contributed by atoms with Gasteiger partial charge < -0.3 is 31.3 Å². The summed E-state index contributed by atoms with van der Waals surface area (Å²) in [4.78, 5) is 27.1. The number of aromatic nitrogens is 2. The monoisotopic (exact) mass is 704 g/mol. The van der Waals surface area contributed by atoms with Gasteiger partial charge >= 0.3 is 19.5 Å². The summed E-state index contributed by atoms with van der Waals surface area (Å²) in [6.45, 7) is 0. The Morgan fingerprint density at radius 2 is 1.13 bits per heavy atom. The smallest absolute Gasteiger partial charge is 0.593 e. The van der Waals surface area contributed by atoms with Gasteiger partial charge in [-0.25, -0.2) is 0 Å². The van der Waals surface area contributed by atoms with Gasteiger partial charge in [0.1, 0.15) is 0 Å². The van der Waals surface area contributed by atoms with Crippen molar-refractivity contribution in [1.82, 2.24) is 9.97 Å². The molecule has 2 amide bonds. The van der Waals surface area contributed by atoms with Gasteiger partial charge in [-0.05, 0) is 48.5 Å². The molecule has 0 radical (unpaired) electrons. The molecule has 2 aromatic heterocycles. The number of hydrogen-bond donors (Lipinski definition) is 0. The molecule has 0 aliphatic heterocycles. The predicted molar refractivity (Wildman–Crippen MR) is 157 cm³/mol. The van der Waals surface area contributed by atoms with E-state index < -0.39 is 0 Å². The first-order valence-corrected chi connectivity index (χ1v) is 12.3. The fourth-order valence-corrected chi connectivity index (χ4v) is 3.44. The number of halogens is 2. The third kappa shape index (κ3) is 10.5. The summed E-state index contributed by atoms with van der Waals surface area (Å²) >= 11 is 6.63. The van der Waals surface area contributed by atoms with Gasteiger partial charge in [-0.1, -0.05) is 31.9 Å². The molecule has 39 heavy (non-hydrogen) atoms. The Hall–Kier alpha value is -3.80. The molecule has 192 valence electrons. The van der Waals surface area contributed by atoms with Gasteiger partial charge in [-0.3, -0.25) is 19.6 Å². The number of rotatable bonds is 6. The van der Waals surface area contributed by atoms with Crippen LogP contribution < -0.4 is 0 Å². The predicted octanol–water partition coefficient (Wildman–Crippen LogP) is 5.08. The number of carbonyl (C=O) groups excluding carboxylic acids is 2. The van der Waals surface area contributed by atoms with Crippen LogP contribution in [-0.2, 0) is 19.5 Å². The van der Waals surface area contributed by atoms with E-state index >= 15 is 0 Å². The van der Waals surface area contributed by atoms with Crippen LogP contribution in [0.25, 0.3) is 10.9 Å². The zero-order valence-electron chi connectivity index (χ0n) is 20.3. The van der Waals surface area contributed by atoms with E-state index in [1.54, 1.807) is 73.1 Å². The van der Waals surface area contributed by atoms with Crippen molar-refractivity contribution in [3.05, 3.63) is 128 Å². The molecule has 0 bridgehead atoms. The molecule has 0 saturated heterocycles. The molecule has 0 saturated carbocycles. The molecule has 2 heterocycles. The standard InChI is InChI=1S/2C13H10BrN3O2.Zn/c2*14-11-3-4-12(18)10(6-11)8-16-17-13(19)9-2-1-5-15-7-9;/h2*1-8H,(H2,16,17,18,19);/q;;+2/p+2. The Labute approximate surface area is 253 Å². The van der Waals surface area contributed by atoms with Crippen LogP contribution in [0.3, 0.4) is 0 Å². The Kier molecular flexibility index (Phi) is 13.1. The minimum absolute atomic E-state index is 0. The Morgan fingerprint density at radius 1 is 0.718 bits per heavy atom. The molecular formula is C26H22Br2N6O4Zn+4. The van der Waals surface area contributed by atoms with Gasteiger partial charge in [0.25, 0.3) is 23.3 Å². The van der Waals surface area contributed by atoms with Gasteiger partial charge in [-0.2, -0.15) is 0 Å². The molecule has 4 rings (SSSR count). The van der Waals surface area contributed by atoms with Crippen LogP contribution >= 0.6 is 31.9 Å². The van der Waals surface area contributed by atoms with E-state index in [9.17, 15) is 9.59 Å². The first-order valence-electron chi connectivity index (χ1n) is 10.8. The van der Waals surface area contributed by atoms with Gasteiger partial charge in [0.05, 0.1) is 22.3 Å². The van der Waals surface area contributed by atoms with Crippen LogP contribution in [0.15, 0.2) is 105 Å². The molecule has 2 aromatic carbocycles. The molecule has 4 aromatic rings. The van der Waals surface area contributed by atoms with Crippen molar-refractivity contribution in [2.45, 2.75) is 0 Å². The van der Waals surface area contributed by atoms with Gasteiger partial charge in [0.15, 0.2) is 0 Å². The Bertz CT molecular complexity index is 1350. The molecule has 0 fully saturated rings. The minimum Gasteiger partial charge on any atom is -0.593 e. The van der Waals surface area contributed by atoms with Gasteiger partial charge in [0.2, 0.25) is 0 Å². The SMILES string of the molecule is [OH+]=C([N-]N=Cc1cc(Br)ccc1[OH2+])c1cccnc1.[OH+]=C([N-]N=Cc1cc(Br)ccc1[OH2+])c1cccnc1.[Zn+2]. The number of hydrogen-bond acceptors (Lipinski definition) is 4. The van der Waals surface area contributed by atoms with Crippen LogP contribution in [0.2, 0.25) is 0 Å². The summed E-state index contributed by atoms with van der Waals surface area (Å²) in [6.07, 6.45) is 9.02. The number of pyridine rings is 2. The van der Waals surface area contributed by atoms with E-state index in [1.807, 2.05) is 0 Å². The third-order valence-corrected chi connectivity index (χ3v) is 5.55. The molecule has 0 aliphatic rings. The maximum Gasteiger partial charge on any atom is 2.00 e. The van der Waals surface area contributed by atoms with Crippen molar-refractivity contribution >= 4 is 56.1 Å². The van der Waals surface area contributed by atoms with Gasteiger partial charge in [0, 0.05) is 58.3 Å². The summed E-state index contributed by atoms with van der Waals surface area (Å²) in [7, 11) is 0. The maximum absolute atomic E-state index is 9.66. The Morgan fingerprint density at radius 3 is 1.49 bits per heavy atom. The van der Waals surface area contributed by atoms with Crippen molar-refractivity contribution in [2.24, 2.45) is 10.2 Å². The molecular weight excluding hydrogens is 686 g/mol. The van der Waals surface area contributed by atoms with Crippen molar-refractivity contribution in [2.75, 3.05) is 0 Å². The molecule has 0 atom stereocenters. The van der Waals surface area contributed by atoms with E-state index in [1.165, 1.54) is 24.8 Å². The minimum atomic E-state index is -0.217. The first kappa shape index (κ1) is 31.4. The topological polar surface area (TPSA) is 167 Å². The summed E-state index contributed by atoms with van der Waals surface area (Å²) in [5.41, 5.74) is 9.52. The third-order valence-electron chi connectivity index (χ3n) is 4.57. The second-order valence-electron chi connectivity index (χ2n) is 7.28. The average Bonchev–Trinajstić information content (AvgIpc) is 2.93. The summed E-state index contributed by atoms with van der Waals surface area (Å²) in [5, 5.41) is 22.9. The van der Waals surface area contributed by atoms with Crippen LogP contribution in [0.1, 0.15) is 22.3 Å². The van der Waals surface area contributed by atoms with E-state index in [0.29, 0.717) is 33.8 Å². The first-order chi connectivity index (χ1) is 18.3. The summed E-state index contributed by atoms with van der Waals surface area (Å²) in [5.74, 6) is 0.239. The average molecular weight is 708 g/mol. The van der Waals surface area contributed by atoms with Crippen LogP contribution in [0.5, 0.6) is 11.5 Å². The second-order valence-corrected chi connectivity index (χ2v) is 9.11. The molecule has 13 heteroatoms. The van der Waals surface area contributed by atoms with Crippen molar-refractivity contribution in [1.29, 1.82) is 0 Å². The molecule has 0 spiro atoms. The molecule has 0 aliphatic carbocycles. The van der Waals surface area contributed by atoms with E-state index in [0.717, 1.165) is 8.95 Å². The zero-order valence-corrected chi connectivity index (χ0v) is 26.4. The molecule has 6 N–H and O–H groups in total. The number of benzene rings is 2. The van der Waals surface area contributed by atoms with Crippen LogP contribution in [0.4, 0.5) is 0 Å². The fourth-order valence-electron chi connectivity index (χ4n) is 2.68. The maximum atomic E-state index is 9.66. The van der Waals surface area contributed by atoms with Crippen LogP contribution in [0, 0.1) is 0 Å². The van der Waals surface area contributed by atoms with Crippen molar-refractivity contribution in [3.63, 3.8) is 0 Å². The van der Waals surface area contributed by atoms with E-state index in [-0.39, 0.29) is 31.3 Å². The van der Waals surface area contributed by atoms with E-state index in [2.05, 4.69) is 62.9 Å². The fraction of sp³-hybridized carbons (Fsp3) is 0. The largest absolute Gasteiger partial charge is 2.00 e. The zero-order chi connectivity index (χ0) is 27.3. The quantitative estimate of drug-likeness (QED) is 0.118. The summed E-state index contributed by atoms with van der Waals surface area (Å²) < 4.78 is 1.70. The Balaban J connectivity index is 0.000000267. The molecule has 0 unspecified atom stereocenters. The van der Waals surface area contributed by atoms with Crippen molar-refractivity contribution in [3.8, 4) is 11.5 Å². The van der Waals surface area contributed by atoms with Crippen LogP contribution in [-0.4, -0.2) is 54.0 Å². The normalized spacial score (nSPS) is 10.3. The number of nitrogens with zero attached hydrogens (tertiary/aromatic N) is 6. The van der Waals surface area contributed by atoms with E-state index in [4.69, 9.17) is 10.2 Å². The second kappa shape index (κ2) is 16.2. The van der Waals surface area contributed by atoms with Gasteiger partial charge in [-0.15, -0.1) is 0 Å². The number of amides is 2. The molecule has 10 nitrogen and oxygen atoms in total. The summed E-state index contributed by atoms with van der Waals surface area (Å²) in [6, 6.07) is 17.1. The van der Waals surface area contributed by atoms with Crippen molar-refractivity contribution < 1.29 is 39.3 Å².